The van der Waals surface area contributed by atoms with Crippen molar-refractivity contribution in [3.63, 3.8) is 0 Å². The van der Waals surface area contributed by atoms with Crippen LogP contribution < -0.4 is 0 Å². The smallest absolute Gasteiger partial charge is 0.223 e. The molecular formula is C20H27N3O2. The summed E-state index contributed by atoms with van der Waals surface area (Å²) in [6, 6.07) is 10.1. The zero-order valence-corrected chi connectivity index (χ0v) is 15.0. The number of amides is 1. The van der Waals surface area contributed by atoms with Crippen LogP contribution in [0.3, 0.4) is 0 Å². The number of nitrogens with zero attached hydrogens (tertiary/aromatic N) is 3. The van der Waals surface area contributed by atoms with Gasteiger partial charge in [0.2, 0.25) is 5.91 Å². The molecule has 1 aromatic carbocycles. The van der Waals surface area contributed by atoms with Crippen LogP contribution in [0, 0.1) is 16.7 Å². The quantitative estimate of drug-likeness (QED) is 0.746. The Labute approximate surface area is 150 Å². The van der Waals surface area contributed by atoms with Gasteiger partial charge in [-0.25, -0.2) is 0 Å². The lowest BCUT2D eigenvalue weighted by atomic mass is 9.77. The van der Waals surface area contributed by atoms with Crippen LogP contribution in [0.2, 0.25) is 0 Å². The SMILES string of the molecule is COCCCN1CC2(CCN(Cc3ccccc3C#N)CC2)CC1=O. The summed E-state index contributed by atoms with van der Waals surface area (Å²) in [6.07, 6.45) is 3.74. The molecule has 2 aliphatic heterocycles. The molecular weight excluding hydrogens is 314 g/mol. The Morgan fingerprint density at radius 1 is 1.28 bits per heavy atom. The average molecular weight is 341 g/mol. The van der Waals surface area contributed by atoms with Crippen molar-refractivity contribution in [3.8, 4) is 6.07 Å². The highest BCUT2D eigenvalue weighted by Crippen LogP contribution is 2.41. The first kappa shape index (κ1) is 17.9. The molecule has 0 aromatic heterocycles. The van der Waals surface area contributed by atoms with Gasteiger partial charge in [-0.2, -0.15) is 5.26 Å². The Bertz CT molecular complexity index is 645. The van der Waals surface area contributed by atoms with E-state index in [0.717, 1.165) is 63.1 Å². The van der Waals surface area contributed by atoms with Gasteiger partial charge in [-0.3, -0.25) is 9.69 Å². The molecule has 5 nitrogen and oxygen atoms in total. The molecule has 0 atom stereocenters. The topological polar surface area (TPSA) is 56.6 Å². The third-order valence-electron chi connectivity index (χ3n) is 5.63. The fourth-order valence-corrected chi connectivity index (χ4v) is 4.11. The summed E-state index contributed by atoms with van der Waals surface area (Å²) in [7, 11) is 1.70. The standard InChI is InChI=1S/C20H27N3O2/c1-25-12-4-9-23-16-20(13-19(23)24)7-10-22(11-8-20)15-18-6-3-2-5-17(18)14-21/h2-3,5-6H,4,7-13,15-16H2,1H3. The number of carbonyl (C=O) groups is 1. The molecule has 0 radical (unpaired) electrons. The Kier molecular flexibility index (Phi) is 5.72. The van der Waals surface area contributed by atoms with Gasteiger partial charge in [-0.15, -0.1) is 0 Å². The van der Waals surface area contributed by atoms with Crippen molar-refractivity contribution in [2.75, 3.05) is 39.9 Å². The van der Waals surface area contributed by atoms with Crippen molar-refractivity contribution >= 4 is 5.91 Å². The molecule has 3 rings (SSSR count). The first-order valence-electron chi connectivity index (χ1n) is 9.13. The molecule has 0 N–H and O–H groups in total. The lowest BCUT2D eigenvalue weighted by molar-refractivity contribution is -0.128. The summed E-state index contributed by atoms with van der Waals surface area (Å²) in [5.74, 6) is 0.305. The Morgan fingerprint density at radius 2 is 2.04 bits per heavy atom. The Balaban J connectivity index is 1.53. The summed E-state index contributed by atoms with van der Waals surface area (Å²) >= 11 is 0. The van der Waals surface area contributed by atoms with E-state index in [-0.39, 0.29) is 5.41 Å². The number of methoxy groups -OCH3 is 1. The van der Waals surface area contributed by atoms with Gasteiger partial charge in [0.1, 0.15) is 0 Å². The predicted molar refractivity (Wildman–Crippen MR) is 95.8 cm³/mol. The first-order valence-corrected chi connectivity index (χ1v) is 9.13. The minimum absolute atomic E-state index is 0.162. The lowest BCUT2D eigenvalue weighted by Crippen LogP contribution is -2.41. The highest BCUT2D eigenvalue weighted by Gasteiger charge is 2.44. The molecule has 25 heavy (non-hydrogen) atoms. The van der Waals surface area contributed by atoms with Crippen molar-refractivity contribution in [2.45, 2.75) is 32.2 Å². The molecule has 2 saturated heterocycles. The van der Waals surface area contributed by atoms with Gasteiger partial charge in [-0.05, 0) is 49.4 Å². The van der Waals surface area contributed by atoms with Gasteiger partial charge in [0.15, 0.2) is 0 Å². The molecule has 2 heterocycles. The zero-order valence-electron chi connectivity index (χ0n) is 15.0. The first-order chi connectivity index (χ1) is 12.2. The highest BCUT2D eigenvalue weighted by molar-refractivity contribution is 5.79. The van der Waals surface area contributed by atoms with Gasteiger partial charge in [0.05, 0.1) is 11.6 Å². The molecule has 2 fully saturated rings. The Hall–Kier alpha value is -1.90. The van der Waals surface area contributed by atoms with E-state index in [1.54, 1.807) is 7.11 Å². The molecule has 5 heteroatoms. The number of carbonyl (C=O) groups excluding carboxylic acids is 1. The molecule has 2 aliphatic rings. The van der Waals surface area contributed by atoms with E-state index in [1.165, 1.54) is 0 Å². The van der Waals surface area contributed by atoms with Crippen molar-refractivity contribution in [1.29, 1.82) is 5.26 Å². The number of hydrogen-bond donors (Lipinski definition) is 0. The van der Waals surface area contributed by atoms with Gasteiger partial charge < -0.3 is 9.64 Å². The second kappa shape index (κ2) is 7.99. The summed E-state index contributed by atoms with van der Waals surface area (Å²) in [4.78, 5) is 16.8. The fourth-order valence-electron chi connectivity index (χ4n) is 4.11. The number of nitriles is 1. The number of likely N-dealkylation sites (tertiary alicyclic amines) is 2. The minimum Gasteiger partial charge on any atom is -0.385 e. The number of ether oxygens (including phenoxy) is 1. The van der Waals surface area contributed by atoms with Crippen LogP contribution in [-0.2, 0) is 16.1 Å². The largest absolute Gasteiger partial charge is 0.385 e. The van der Waals surface area contributed by atoms with Crippen LogP contribution in [0.5, 0.6) is 0 Å². The van der Waals surface area contributed by atoms with Gasteiger partial charge in [-0.1, -0.05) is 18.2 Å². The van der Waals surface area contributed by atoms with E-state index >= 15 is 0 Å². The van der Waals surface area contributed by atoms with E-state index in [2.05, 4.69) is 11.0 Å². The predicted octanol–water partition coefficient (Wildman–Crippen LogP) is 2.41. The van der Waals surface area contributed by atoms with Crippen molar-refractivity contribution in [1.82, 2.24) is 9.80 Å². The van der Waals surface area contributed by atoms with Gasteiger partial charge in [0.25, 0.3) is 0 Å². The monoisotopic (exact) mass is 341 g/mol. The van der Waals surface area contributed by atoms with Crippen LogP contribution in [0.4, 0.5) is 0 Å². The lowest BCUT2D eigenvalue weighted by Gasteiger charge is -2.39. The summed E-state index contributed by atoms with van der Waals surface area (Å²) < 4.78 is 5.10. The van der Waals surface area contributed by atoms with E-state index in [4.69, 9.17) is 4.74 Å². The highest BCUT2D eigenvalue weighted by atomic mass is 16.5. The molecule has 1 aromatic rings. The van der Waals surface area contributed by atoms with Gasteiger partial charge >= 0.3 is 0 Å². The van der Waals surface area contributed by atoms with Crippen molar-refractivity contribution in [2.24, 2.45) is 5.41 Å². The number of benzene rings is 1. The molecule has 134 valence electrons. The van der Waals surface area contributed by atoms with E-state index in [0.29, 0.717) is 18.9 Å². The Morgan fingerprint density at radius 3 is 2.76 bits per heavy atom. The van der Waals surface area contributed by atoms with E-state index in [1.807, 2.05) is 29.2 Å². The van der Waals surface area contributed by atoms with Crippen LogP contribution in [0.15, 0.2) is 24.3 Å². The normalized spacial score (nSPS) is 20.2. The number of hydrogen-bond acceptors (Lipinski definition) is 4. The second-order valence-corrected chi connectivity index (χ2v) is 7.38. The van der Waals surface area contributed by atoms with Crippen LogP contribution >= 0.6 is 0 Å². The maximum atomic E-state index is 12.3. The maximum absolute atomic E-state index is 12.3. The summed E-state index contributed by atoms with van der Waals surface area (Å²) in [5.41, 5.74) is 2.03. The van der Waals surface area contributed by atoms with Crippen LogP contribution in [0.1, 0.15) is 36.8 Å². The molecule has 1 amide bonds. The number of piperidine rings is 1. The summed E-state index contributed by atoms with van der Waals surface area (Å²) in [6.45, 7) is 5.25. The molecule has 0 aliphatic carbocycles. The zero-order chi connectivity index (χ0) is 17.7. The molecule has 0 unspecified atom stereocenters. The fraction of sp³-hybridized carbons (Fsp3) is 0.600. The van der Waals surface area contributed by atoms with Crippen LogP contribution in [-0.4, -0.2) is 55.6 Å². The van der Waals surface area contributed by atoms with Crippen molar-refractivity contribution in [3.05, 3.63) is 35.4 Å². The molecule has 0 saturated carbocycles. The summed E-state index contributed by atoms with van der Waals surface area (Å²) in [5, 5.41) is 9.24. The molecule has 0 bridgehead atoms. The van der Waals surface area contributed by atoms with E-state index in [9.17, 15) is 10.1 Å². The second-order valence-electron chi connectivity index (χ2n) is 7.38. The van der Waals surface area contributed by atoms with Gasteiger partial charge in [0, 0.05) is 39.8 Å². The number of rotatable bonds is 6. The molecule has 1 spiro atoms. The van der Waals surface area contributed by atoms with Crippen molar-refractivity contribution < 1.29 is 9.53 Å². The average Bonchev–Trinajstić information content (AvgIpc) is 2.93. The third kappa shape index (κ3) is 4.20. The van der Waals surface area contributed by atoms with Crippen LogP contribution in [0.25, 0.3) is 0 Å². The third-order valence-corrected chi connectivity index (χ3v) is 5.63. The van der Waals surface area contributed by atoms with E-state index < -0.39 is 0 Å². The minimum atomic E-state index is 0.162. The maximum Gasteiger partial charge on any atom is 0.223 e.